The molecule has 0 aromatic rings. The molecule has 2 nitrogen and oxygen atoms in total. The summed E-state index contributed by atoms with van der Waals surface area (Å²) in [4.78, 5) is 10.6. The quantitative estimate of drug-likeness (QED) is 0.555. The van der Waals surface area contributed by atoms with Crippen molar-refractivity contribution in [3.63, 3.8) is 0 Å². The Labute approximate surface area is 55.3 Å². The monoisotopic (exact) mass is 125 g/mol. The Kier molecular flexibility index (Phi) is 4.50. The van der Waals surface area contributed by atoms with Crippen LogP contribution in [0.15, 0.2) is 25.3 Å². The first-order valence-electron chi connectivity index (χ1n) is 2.79. The average Bonchev–Trinajstić information content (AvgIpc) is 1.85. The number of hydrogen-bond donors (Lipinski definition) is 1. The normalized spacial score (nSPS) is 8.00. The van der Waals surface area contributed by atoms with Gasteiger partial charge in [-0.1, -0.05) is 12.2 Å². The van der Waals surface area contributed by atoms with E-state index in [9.17, 15) is 4.79 Å². The van der Waals surface area contributed by atoms with Gasteiger partial charge in [-0.15, -0.1) is 13.2 Å². The molecule has 0 aliphatic heterocycles. The molecule has 0 radical (unpaired) electrons. The number of nitrogens with one attached hydrogen (secondary N) is 1. The Bertz CT molecular complexity index is 118. The van der Waals surface area contributed by atoms with Gasteiger partial charge < -0.3 is 5.32 Å². The Balaban J connectivity index is 3.26. The highest BCUT2D eigenvalue weighted by Crippen LogP contribution is 1.77. The van der Waals surface area contributed by atoms with Crippen LogP contribution >= 0.6 is 0 Å². The molecule has 1 N–H and O–H groups in total. The summed E-state index contributed by atoms with van der Waals surface area (Å²) in [5, 5.41) is 2.60. The van der Waals surface area contributed by atoms with Crippen LogP contribution in [-0.4, -0.2) is 12.5 Å². The number of carbonyl (C=O) groups is 1. The van der Waals surface area contributed by atoms with E-state index in [2.05, 4.69) is 18.5 Å². The summed E-state index contributed by atoms with van der Waals surface area (Å²) in [6, 6.07) is 0. The Morgan fingerprint density at radius 3 is 2.56 bits per heavy atom. The number of carbonyl (C=O) groups excluding carboxylic acids is 1. The molecule has 1 amide bonds. The van der Waals surface area contributed by atoms with Crippen molar-refractivity contribution in [1.29, 1.82) is 0 Å². The van der Waals surface area contributed by atoms with Crippen LogP contribution in [-0.2, 0) is 4.79 Å². The van der Waals surface area contributed by atoms with Crippen LogP contribution in [0.4, 0.5) is 0 Å². The fraction of sp³-hybridized carbons (Fsp3) is 0.286. The minimum Gasteiger partial charge on any atom is -0.352 e. The standard InChI is InChI=1S/C7H11NO/c1-3-5-7(9)8-6-4-2/h3-4H,1-2,5-6H2,(H,8,9). The fourth-order valence-electron chi connectivity index (χ4n) is 0.389. The lowest BCUT2D eigenvalue weighted by atomic mass is 10.4. The first kappa shape index (κ1) is 7.95. The van der Waals surface area contributed by atoms with E-state index >= 15 is 0 Å². The maximum absolute atomic E-state index is 10.6. The van der Waals surface area contributed by atoms with Crippen LogP contribution < -0.4 is 5.32 Å². The largest absolute Gasteiger partial charge is 0.352 e. The molecule has 0 fully saturated rings. The summed E-state index contributed by atoms with van der Waals surface area (Å²) in [6.07, 6.45) is 3.59. The summed E-state index contributed by atoms with van der Waals surface area (Å²) in [6.45, 7) is 7.41. The van der Waals surface area contributed by atoms with E-state index in [1.807, 2.05) is 0 Å². The van der Waals surface area contributed by atoms with E-state index in [4.69, 9.17) is 0 Å². The minimum absolute atomic E-state index is 0.00935. The van der Waals surface area contributed by atoms with Crippen molar-refractivity contribution < 1.29 is 4.79 Å². The second-order valence-corrected chi connectivity index (χ2v) is 1.59. The molecule has 0 bridgehead atoms. The summed E-state index contributed by atoms with van der Waals surface area (Å²) in [7, 11) is 0. The van der Waals surface area contributed by atoms with Crippen LogP contribution in [0.3, 0.4) is 0 Å². The third kappa shape index (κ3) is 4.81. The maximum Gasteiger partial charge on any atom is 0.224 e. The smallest absolute Gasteiger partial charge is 0.224 e. The molecule has 0 rings (SSSR count). The minimum atomic E-state index is -0.00935. The number of amides is 1. The molecule has 9 heavy (non-hydrogen) atoms. The van der Waals surface area contributed by atoms with Gasteiger partial charge in [0.2, 0.25) is 5.91 Å². The molecular weight excluding hydrogens is 114 g/mol. The molecule has 0 aliphatic carbocycles. The van der Waals surface area contributed by atoms with Gasteiger partial charge in [0, 0.05) is 13.0 Å². The van der Waals surface area contributed by atoms with Crippen molar-refractivity contribution in [2.45, 2.75) is 6.42 Å². The summed E-state index contributed by atoms with van der Waals surface area (Å²) in [5.41, 5.74) is 0. The third-order valence-corrected chi connectivity index (χ3v) is 0.773. The number of hydrogen-bond acceptors (Lipinski definition) is 1. The van der Waals surface area contributed by atoms with E-state index in [1.165, 1.54) is 0 Å². The summed E-state index contributed by atoms with van der Waals surface area (Å²) in [5.74, 6) is -0.00935. The molecule has 0 saturated heterocycles. The molecule has 50 valence electrons. The molecule has 0 aromatic heterocycles. The van der Waals surface area contributed by atoms with E-state index in [0.29, 0.717) is 13.0 Å². The molecular formula is C7H11NO. The van der Waals surface area contributed by atoms with Crippen LogP contribution in [0.1, 0.15) is 6.42 Å². The molecule has 0 aromatic carbocycles. The highest BCUT2D eigenvalue weighted by molar-refractivity contribution is 5.77. The van der Waals surface area contributed by atoms with Crippen molar-refractivity contribution in [3.05, 3.63) is 25.3 Å². The predicted molar refractivity (Wildman–Crippen MR) is 38.0 cm³/mol. The molecule has 0 saturated carbocycles. The predicted octanol–water partition coefficient (Wildman–Crippen LogP) is 0.865. The van der Waals surface area contributed by atoms with Gasteiger partial charge in [0.05, 0.1) is 0 Å². The van der Waals surface area contributed by atoms with E-state index in [0.717, 1.165) is 0 Å². The fourth-order valence-corrected chi connectivity index (χ4v) is 0.389. The summed E-state index contributed by atoms with van der Waals surface area (Å²) < 4.78 is 0. The van der Waals surface area contributed by atoms with Crippen LogP contribution in [0.2, 0.25) is 0 Å². The first-order valence-corrected chi connectivity index (χ1v) is 2.79. The number of rotatable bonds is 4. The van der Waals surface area contributed by atoms with Gasteiger partial charge >= 0.3 is 0 Å². The van der Waals surface area contributed by atoms with Crippen molar-refractivity contribution in [2.75, 3.05) is 6.54 Å². The van der Waals surface area contributed by atoms with Crippen LogP contribution in [0.25, 0.3) is 0 Å². The van der Waals surface area contributed by atoms with Crippen molar-refractivity contribution in [2.24, 2.45) is 0 Å². The molecule has 0 atom stereocenters. The van der Waals surface area contributed by atoms with Crippen LogP contribution in [0.5, 0.6) is 0 Å². The molecule has 0 aliphatic rings. The second kappa shape index (κ2) is 5.09. The SMILES string of the molecule is C=CCNC(=O)CC=C. The third-order valence-electron chi connectivity index (χ3n) is 0.773. The zero-order valence-electron chi connectivity index (χ0n) is 5.39. The van der Waals surface area contributed by atoms with Crippen molar-refractivity contribution in [3.8, 4) is 0 Å². The maximum atomic E-state index is 10.6. The Morgan fingerprint density at radius 2 is 2.11 bits per heavy atom. The second-order valence-electron chi connectivity index (χ2n) is 1.59. The van der Waals surface area contributed by atoms with E-state index in [-0.39, 0.29) is 5.91 Å². The average molecular weight is 125 g/mol. The summed E-state index contributed by atoms with van der Waals surface area (Å²) >= 11 is 0. The van der Waals surface area contributed by atoms with Gasteiger partial charge in [-0.2, -0.15) is 0 Å². The van der Waals surface area contributed by atoms with E-state index < -0.39 is 0 Å². The van der Waals surface area contributed by atoms with Gasteiger partial charge in [-0.3, -0.25) is 4.79 Å². The molecule has 0 spiro atoms. The lowest BCUT2D eigenvalue weighted by Crippen LogP contribution is -2.21. The molecule has 0 unspecified atom stereocenters. The van der Waals surface area contributed by atoms with Crippen molar-refractivity contribution in [1.82, 2.24) is 5.32 Å². The van der Waals surface area contributed by atoms with E-state index in [1.54, 1.807) is 12.2 Å². The first-order chi connectivity index (χ1) is 4.31. The van der Waals surface area contributed by atoms with Gasteiger partial charge in [0.15, 0.2) is 0 Å². The zero-order chi connectivity index (χ0) is 7.11. The topological polar surface area (TPSA) is 29.1 Å². The van der Waals surface area contributed by atoms with Gasteiger partial charge in [0.1, 0.15) is 0 Å². The lowest BCUT2D eigenvalue weighted by Gasteiger charge is -1.95. The van der Waals surface area contributed by atoms with Crippen LogP contribution in [0, 0.1) is 0 Å². The Morgan fingerprint density at radius 1 is 1.44 bits per heavy atom. The lowest BCUT2D eigenvalue weighted by molar-refractivity contribution is -0.120. The van der Waals surface area contributed by atoms with Gasteiger partial charge in [-0.25, -0.2) is 0 Å². The highest BCUT2D eigenvalue weighted by Gasteiger charge is 1.91. The molecule has 2 heteroatoms. The van der Waals surface area contributed by atoms with Crippen molar-refractivity contribution >= 4 is 5.91 Å². The Hall–Kier alpha value is -1.05. The van der Waals surface area contributed by atoms with Gasteiger partial charge in [-0.05, 0) is 0 Å². The molecule has 0 heterocycles. The zero-order valence-corrected chi connectivity index (χ0v) is 5.39. The highest BCUT2D eigenvalue weighted by atomic mass is 16.1. The van der Waals surface area contributed by atoms with Gasteiger partial charge in [0.25, 0.3) is 0 Å².